The molecule has 0 spiro atoms. The molecule has 3 N–H and O–H groups in total. The molecule has 4 heterocycles. The average molecular weight is 598 g/mol. The van der Waals surface area contributed by atoms with Gasteiger partial charge in [-0.1, -0.05) is 6.92 Å². The fraction of sp³-hybridized carbons (Fsp3) is 0.385. The van der Waals surface area contributed by atoms with E-state index in [0.717, 1.165) is 6.42 Å². The number of carbonyl (C=O) groups excluding carboxylic acids is 1. The van der Waals surface area contributed by atoms with Gasteiger partial charge in [0.15, 0.2) is 11.3 Å². The van der Waals surface area contributed by atoms with Gasteiger partial charge in [-0.05, 0) is 38.5 Å². The molecule has 0 unspecified atom stereocenters. The van der Waals surface area contributed by atoms with E-state index in [2.05, 4.69) is 25.0 Å². The van der Waals surface area contributed by atoms with E-state index in [9.17, 15) is 18.0 Å². The second-order valence-corrected chi connectivity index (χ2v) is 11.6. The molecule has 1 fully saturated rings. The summed E-state index contributed by atoms with van der Waals surface area (Å²) >= 11 is 0. The molecule has 1 aliphatic heterocycles. The first kappa shape index (κ1) is 29.1. The number of hydrogen-bond donors (Lipinski definition) is 3. The highest BCUT2D eigenvalue weighted by Crippen LogP contribution is 2.32. The highest BCUT2D eigenvalue weighted by molar-refractivity contribution is 7.89. The number of rotatable bonds is 9. The Morgan fingerprint density at radius 1 is 1.14 bits per heavy atom. The molecule has 0 bridgehead atoms. The molecule has 0 aliphatic carbocycles. The Labute approximate surface area is 241 Å². The van der Waals surface area contributed by atoms with Crippen molar-refractivity contribution >= 4 is 27.4 Å². The standard InChI is InChI=1S/C26H31N9O6S/c1-4-6-21-29-16(3)22-25(37)30-23(31-35(21)22)19-13-18(7-8-20(19)41-5-2)42(39,40)34-11-9-33(10-12-34)26-27-14-17(15-28-26)24(36)32-38/h7-8,13-15,38H,4-6,9-12H2,1-3H3,(H,32,36)(H,30,31,37). The zero-order valence-corrected chi connectivity index (χ0v) is 24.2. The molecule has 4 aromatic rings. The van der Waals surface area contributed by atoms with Crippen LogP contribution in [0.1, 0.15) is 42.1 Å². The van der Waals surface area contributed by atoms with Gasteiger partial charge in [-0.3, -0.25) is 14.8 Å². The van der Waals surface area contributed by atoms with Crippen molar-refractivity contribution in [3.05, 3.63) is 58.0 Å². The topological polar surface area (TPSA) is 188 Å². The number of H-pyrrole nitrogens is 1. The number of hydroxylamine groups is 1. The van der Waals surface area contributed by atoms with Gasteiger partial charge in [0.05, 0.1) is 28.3 Å². The van der Waals surface area contributed by atoms with E-state index in [1.54, 1.807) is 17.9 Å². The van der Waals surface area contributed by atoms with Gasteiger partial charge in [0.1, 0.15) is 11.6 Å². The molecular formula is C26H31N9O6S. The summed E-state index contributed by atoms with van der Waals surface area (Å²) in [7, 11) is -3.93. The highest BCUT2D eigenvalue weighted by atomic mass is 32.2. The molecule has 1 amide bonds. The van der Waals surface area contributed by atoms with Gasteiger partial charge in [0.25, 0.3) is 11.5 Å². The fourth-order valence-electron chi connectivity index (χ4n) is 4.82. The molecule has 222 valence electrons. The van der Waals surface area contributed by atoms with Crippen molar-refractivity contribution in [2.45, 2.75) is 38.5 Å². The summed E-state index contributed by atoms with van der Waals surface area (Å²) in [5.74, 6) is 0.809. The number of amides is 1. The molecule has 1 aromatic carbocycles. The molecule has 16 heteroatoms. The van der Waals surface area contributed by atoms with Crippen LogP contribution in [0, 0.1) is 6.92 Å². The number of nitrogens with one attached hydrogen (secondary N) is 2. The van der Waals surface area contributed by atoms with Gasteiger partial charge in [-0.25, -0.2) is 33.4 Å². The summed E-state index contributed by atoms with van der Waals surface area (Å²) < 4.78 is 36.1. The summed E-state index contributed by atoms with van der Waals surface area (Å²) in [6.45, 7) is 6.87. The third kappa shape index (κ3) is 5.43. The Kier molecular flexibility index (Phi) is 8.20. The number of aryl methyl sites for hydroxylation is 2. The first-order valence-corrected chi connectivity index (χ1v) is 14.9. The summed E-state index contributed by atoms with van der Waals surface area (Å²) in [6, 6.07) is 4.51. The van der Waals surface area contributed by atoms with E-state index in [0.29, 0.717) is 60.4 Å². The SMILES string of the molecule is CCCc1nc(C)c2c(=O)[nH]c(-c3cc(S(=O)(=O)N4CCN(c5ncc(C(=O)NO)cn5)CC4)ccc3OCC)nn12. The van der Waals surface area contributed by atoms with Crippen LogP contribution in [0.15, 0.2) is 40.3 Å². The summed E-state index contributed by atoms with van der Waals surface area (Å²) in [6.07, 6.45) is 4.00. The number of carbonyl (C=O) groups is 1. The van der Waals surface area contributed by atoms with E-state index in [-0.39, 0.29) is 34.9 Å². The maximum atomic E-state index is 13.7. The van der Waals surface area contributed by atoms with Crippen molar-refractivity contribution in [3.63, 3.8) is 0 Å². The van der Waals surface area contributed by atoms with Crippen molar-refractivity contribution < 1.29 is 23.2 Å². The lowest BCUT2D eigenvalue weighted by atomic mass is 10.2. The molecule has 3 aromatic heterocycles. The molecule has 0 saturated carbocycles. The van der Waals surface area contributed by atoms with Gasteiger partial charge < -0.3 is 14.6 Å². The zero-order valence-electron chi connectivity index (χ0n) is 23.4. The molecule has 0 radical (unpaired) electrons. The van der Waals surface area contributed by atoms with E-state index in [4.69, 9.17) is 9.94 Å². The summed E-state index contributed by atoms with van der Waals surface area (Å²) in [4.78, 5) is 42.0. The molecule has 15 nitrogen and oxygen atoms in total. The Morgan fingerprint density at radius 2 is 1.86 bits per heavy atom. The molecule has 1 aliphatic rings. The average Bonchev–Trinajstić information content (AvgIpc) is 3.32. The molecule has 1 saturated heterocycles. The Hall–Kier alpha value is -4.41. The quantitative estimate of drug-likeness (QED) is 0.186. The van der Waals surface area contributed by atoms with Crippen LogP contribution in [0.2, 0.25) is 0 Å². The van der Waals surface area contributed by atoms with Crippen molar-refractivity contribution in [1.82, 2.24) is 39.3 Å². The molecule has 5 rings (SSSR count). The van der Waals surface area contributed by atoms with Crippen molar-refractivity contribution in [1.29, 1.82) is 0 Å². The number of nitrogens with zero attached hydrogens (tertiary/aromatic N) is 7. The van der Waals surface area contributed by atoms with Crippen LogP contribution >= 0.6 is 0 Å². The predicted molar refractivity (Wildman–Crippen MR) is 151 cm³/mol. The van der Waals surface area contributed by atoms with Crippen LogP contribution in [-0.4, -0.2) is 86.2 Å². The molecule has 0 atom stereocenters. The highest BCUT2D eigenvalue weighted by Gasteiger charge is 2.30. The van der Waals surface area contributed by atoms with Gasteiger partial charge in [0, 0.05) is 45.0 Å². The van der Waals surface area contributed by atoms with Gasteiger partial charge >= 0.3 is 0 Å². The van der Waals surface area contributed by atoms with Crippen LogP contribution in [-0.2, 0) is 16.4 Å². The molecular weight excluding hydrogens is 566 g/mol. The maximum absolute atomic E-state index is 13.7. The smallest absolute Gasteiger partial charge is 0.277 e. The first-order chi connectivity index (χ1) is 20.2. The third-order valence-corrected chi connectivity index (χ3v) is 8.78. The van der Waals surface area contributed by atoms with Crippen molar-refractivity contribution in [2.24, 2.45) is 0 Å². The van der Waals surface area contributed by atoms with Crippen LogP contribution in [0.25, 0.3) is 16.9 Å². The number of aromatic amines is 1. The Bertz CT molecular complexity index is 1780. The normalized spacial score (nSPS) is 14.3. The number of ether oxygens (including phenoxy) is 1. The van der Waals surface area contributed by atoms with Gasteiger partial charge in [0.2, 0.25) is 16.0 Å². The monoisotopic (exact) mass is 597 g/mol. The lowest BCUT2D eigenvalue weighted by Crippen LogP contribution is -2.49. The second kappa shape index (κ2) is 11.8. The minimum Gasteiger partial charge on any atom is -0.493 e. The first-order valence-electron chi connectivity index (χ1n) is 13.4. The number of fused-ring (bicyclic) bond motifs is 1. The number of benzene rings is 1. The van der Waals surface area contributed by atoms with Crippen LogP contribution in [0.4, 0.5) is 5.95 Å². The largest absolute Gasteiger partial charge is 0.493 e. The predicted octanol–water partition coefficient (Wildman–Crippen LogP) is 1.16. The minimum atomic E-state index is -3.93. The van der Waals surface area contributed by atoms with Crippen molar-refractivity contribution in [2.75, 3.05) is 37.7 Å². The summed E-state index contributed by atoms with van der Waals surface area (Å²) in [5, 5.41) is 13.4. The Balaban J connectivity index is 1.43. The second-order valence-electron chi connectivity index (χ2n) is 9.62. The van der Waals surface area contributed by atoms with Gasteiger partial charge in [-0.15, -0.1) is 5.10 Å². The number of aromatic nitrogens is 6. The van der Waals surface area contributed by atoms with Crippen LogP contribution in [0.3, 0.4) is 0 Å². The molecule has 42 heavy (non-hydrogen) atoms. The maximum Gasteiger partial charge on any atom is 0.277 e. The number of imidazole rings is 1. The Morgan fingerprint density at radius 3 is 2.50 bits per heavy atom. The minimum absolute atomic E-state index is 0.0309. The third-order valence-electron chi connectivity index (χ3n) is 6.88. The lowest BCUT2D eigenvalue weighted by molar-refractivity contribution is 0.0705. The van der Waals surface area contributed by atoms with Crippen molar-refractivity contribution in [3.8, 4) is 17.1 Å². The van der Waals surface area contributed by atoms with E-state index in [1.165, 1.54) is 38.8 Å². The zero-order chi connectivity index (χ0) is 30.0. The lowest BCUT2D eigenvalue weighted by Gasteiger charge is -2.34. The van der Waals surface area contributed by atoms with Gasteiger partial charge in [-0.2, -0.15) is 4.31 Å². The van der Waals surface area contributed by atoms with Crippen LogP contribution in [0.5, 0.6) is 5.75 Å². The number of sulfonamides is 1. The van der Waals surface area contributed by atoms with E-state index >= 15 is 0 Å². The van der Waals surface area contributed by atoms with E-state index in [1.807, 2.05) is 13.8 Å². The number of hydrogen-bond acceptors (Lipinski definition) is 11. The van der Waals surface area contributed by atoms with Crippen LogP contribution < -0.4 is 20.7 Å². The number of piperazine rings is 1. The summed E-state index contributed by atoms with van der Waals surface area (Å²) in [5.41, 5.74) is 2.48. The number of anilines is 1. The van der Waals surface area contributed by atoms with E-state index < -0.39 is 15.9 Å². The fourth-order valence-corrected chi connectivity index (χ4v) is 6.27.